The Labute approximate surface area is 217 Å². The van der Waals surface area contributed by atoms with Crippen LogP contribution in [0.2, 0.25) is 0 Å². The van der Waals surface area contributed by atoms with Crippen LogP contribution in [0.1, 0.15) is 128 Å². The molecule has 2 fully saturated rings. The molecule has 1 N–H and O–H groups in total. The number of halogens is 6. The summed E-state index contributed by atoms with van der Waals surface area (Å²) >= 11 is 0. The smallest absolute Gasteiger partial charge is 0.388 e. The number of hydrogen-bond donors (Lipinski definition) is 1. The minimum absolute atomic E-state index is 0.00329. The molecule has 0 unspecified atom stereocenters. The SMILES string of the molecule is CC(C)[C@H]1O[C@H](c2cc(C(F)(F)F)cc(C(F)(F)F)c2)c2c1nc1c(c2C2CC2)[C@@H](O)CC2(CCCC2)C1. The van der Waals surface area contributed by atoms with Gasteiger partial charge in [0.25, 0.3) is 0 Å². The average Bonchev–Trinajstić information content (AvgIpc) is 3.45. The molecule has 1 aromatic heterocycles. The van der Waals surface area contributed by atoms with Crippen molar-refractivity contribution in [2.24, 2.45) is 11.3 Å². The van der Waals surface area contributed by atoms with Crippen molar-refractivity contribution >= 4 is 0 Å². The minimum atomic E-state index is -4.95. The summed E-state index contributed by atoms with van der Waals surface area (Å²) in [5.74, 6) is -0.00383. The molecule has 2 aromatic rings. The van der Waals surface area contributed by atoms with Crippen molar-refractivity contribution in [3.05, 3.63) is 63.0 Å². The van der Waals surface area contributed by atoms with Gasteiger partial charge in [-0.1, -0.05) is 26.7 Å². The summed E-state index contributed by atoms with van der Waals surface area (Å²) in [6, 6.07) is 1.69. The summed E-state index contributed by atoms with van der Waals surface area (Å²) in [4.78, 5) is 5.03. The van der Waals surface area contributed by atoms with E-state index in [-0.39, 0.29) is 28.9 Å². The van der Waals surface area contributed by atoms with Gasteiger partial charge in [0.05, 0.1) is 22.9 Å². The van der Waals surface area contributed by atoms with Gasteiger partial charge >= 0.3 is 12.4 Å². The lowest BCUT2D eigenvalue weighted by Gasteiger charge is -2.39. The van der Waals surface area contributed by atoms with Gasteiger partial charge in [0, 0.05) is 16.8 Å². The van der Waals surface area contributed by atoms with Crippen LogP contribution in [-0.4, -0.2) is 10.1 Å². The number of benzene rings is 1. The molecule has 1 aliphatic heterocycles. The maximum atomic E-state index is 13.7. The lowest BCUT2D eigenvalue weighted by Crippen LogP contribution is -2.31. The first kappa shape index (κ1) is 26.1. The normalized spacial score (nSPS) is 26.7. The van der Waals surface area contributed by atoms with Crippen LogP contribution in [0.15, 0.2) is 18.2 Å². The second kappa shape index (κ2) is 8.68. The summed E-state index contributed by atoms with van der Waals surface area (Å²) in [7, 11) is 0. The van der Waals surface area contributed by atoms with Gasteiger partial charge in [0.2, 0.25) is 0 Å². The number of aliphatic hydroxyl groups is 1. The van der Waals surface area contributed by atoms with Crippen LogP contribution in [0.5, 0.6) is 0 Å². The van der Waals surface area contributed by atoms with Crippen molar-refractivity contribution in [1.82, 2.24) is 4.98 Å². The number of hydrogen-bond acceptors (Lipinski definition) is 3. The Hall–Kier alpha value is -2.13. The standard InChI is InChI=1S/C29H31F6NO2/c1-14(2)25-24-23(26(38-25)16-9-17(28(30,31)32)11-18(10-16)29(33,34)35)21(15-5-6-15)22-19(36-24)12-27(13-20(22)37)7-3-4-8-27/h9-11,14-15,20,25-26,37H,3-8,12-13H2,1-2H3/t20-,25+,26+/m0/s1. The number of ether oxygens (including phenoxy) is 1. The quantitative estimate of drug-likeness (QED) is 0.399. The van der Waals surface area contributed by atoms with E-state index in [4.69, 9.17) is 9.72 Å². The van der Waals surface area contributed by atoms with Crippen molar-refractivity contribution in [2.75, 3.05) is 0 Å². The summed E-state index contributed by atoms with van der Waals surface area (Å²) in [6.07, 6.45) is -5.01. The highest BCUT2D eigenvalue weighted by molar-refractivity contribution is 5.54. The Morgan fingerprint density at radius 2 is 1.53 bits per heavy atom. The largest absolute Gasteiger partial charge is 0.416 e. The lowest BCUT2D eigenvalue weighted by molar-refractivity contribution is -0.143. The van der Waals surface area contributed by atoms with Gasteiger partial charge in [-0.2, -0.15) is 26.3 Å². The summed E-state index contributed by atoms with van der Waals surface area (Å²) < 4.78 is 88.6. The topological polar surface area (TPSA) is 42.4 Å². The van der Waals surface area contributed by atoms with E-state index in [1.54, 1.807) is 0 Å². The number of nitrogens with zero attached hydrogens (tertiary/aromatic N) is 1. The number of alkyl halides is 6. The summed E-state index contributed by atoms with van der Waals surface area (Å²) in [5.41, 5.74) is 0.708. The monoisotopic (exact) mass is 539 g/mol. The second-order valence-corrected chi connectivity index (χ2v) is 12.1. The van der Waals surface area contributed by atoms with Crippen LogP contribution in [0.25, 0.3) is 0 Å². The molecule has 4 aliphatic rings. The second-order valence-electron chi connectivity index (χ2n) is 12.1. The number of fused-ring (bicyclic) bond motifs is 2. The first-order chi connectivity index (χ1) is 17.8. The fourth-order valence-corrected chi connectivity index (χ4v) is 7.09. The highest BCUT2D eigenvalue weighted by Gasteiger charge is 2.49. The molecular formula is C29H31F6NO2. The van der Waals surface area contributed by atoms with E-state index in [0.717, 1.165) is 73.9 Å². The molecule has 3 nitrogen and oxygen atoms in total. The third-order valence-electron chi connectivity index (χ3n) is 8.91. The molecule has 38 heavy (non-hydrogen) atoms. The van der Waals surface area contributed by atoms with Gasteiger partial charge in [0.15, 0.2) is 0 Å². The number of aliphatic hydroxyl groups excluding tert-OH is 1. The molecule has 0 saturated heterocycles. The van der Waals surface area contributed by atoms with Crippen molar-refractivity contribution < 1.29 is 36.2 Å². The Morgan fingerprint density at radius 3 is 2.05 bits per heavy atom. The number of pyridine rings is 1. The summed E-state index contributed by atoms with van der Waals surface area (Å²) in [5, 5.41) is 11.4. The van der Waals surface area contributed by atoms with E-state index in [2.05, 4.69) is 0 Å². The fourth-order valence-electron chi connectivity index (χ4n) is 7.09. The van der Waals surface area contributed by atoms with Gasteiger partial charge in [-0.3, -0.25) is 4.98 Å². The van der Waals surface area contributed by atoms with Crippen molar-refractivity contribution in [1.29, 1.82) is 0 Å². The molecule has 3 aliphatic carbocycles. The van der Waals surface area contributed by atoms with Gasteiger partial charge in [-0.05, 0) is 85.1 Å². The van der Waals surface area contributed by atoms with Crippen LogP contribution < -0.4 is 0 Å². The molecular weight excluding hydrogens is 508 g/mol. The highest BCUT2D eigenvalue weighted by atomic mass is 19.4. The molecule has 1 aromatic carbocycles. The van der Waals surface area contributed by atoms with E-state index >= 15 is 0 Å². The first-order valence-electron chi connectivity index (χ1n) is 13.5. The maximum Gasteiger partial charge on any atom is 0.416 e. The van der Waals surface area contributed by atoms with E-state index in [0.29, 0.717) is 17.7 Å². The first-order valence-corrected chi connectivity index (χ1v) is 13.5. The van der Waals surface area contributed by atoms with Crippen molar-refractivity contribution in [3.63, 3.8) is 0 Å². The Morgan fingerprint density at radius 1 is 0.921 bits per heavy atom. The lowest BCUT2D eigenvalue weighted by atomic mass is 9.69. The van der Waals surface area contributed by atoms with Crippen molar-refractivity contribution in [2.45, 2.75) is 102 Å². The van der Waals surface area contributed by atoms with E-state index in [1.807, 2.05) is 13.8 Å². The number of aromatic nitrogens is 1. The molecule has 0 bridgehead atoms. The summed E-state index contributed by atoms with van der Waals surface area (Å²) in [6.45, 7) is 3.82. The van der Waals surface area contributed by atoms with E-state index in [9.17, 15) is 31.4 Å². The molecule has 6 rings (SSSR count). The average molecular weight is 540 g/mol. The Kier molecular flexibility index (Phi) is 5.97. The predicted octanol–water partition coefficient (Wildman–Crippen LogP) is 8.35. The molecule has 2 saturated carbocycles. The van der Waals surface area contributed by atoms with E-state index < -0.39 is 41.8 Å². The van der Waals surface area contributed by atoms with Gasteiger partial charge in [-0.25, -0.2) is 0 Å². The zero-order valence-electron chi connectivity index (χ0n) is 21.3. The van der Waals surface area contributed by atoms with E-state index in [1.165, 1.54) is 0 Å². The molecule has 0 amide bonds. The van der Waals surface area contributed by atoms with Crippen LogP contribution in [-0.2, 0) is 23.5 Å². The molecule has 9 heteroatoms. The molecule has 1 spiro atoms. The molecule has 206 valence electrons. The third-order valence-corrected chi connectivity index (χ3v) is 8.91. The number of rotatable bonds is 3. The van der Waals surface area contributed by atoms with Gasteiger partial charge < -0.3 is 9.84 Å². The van der Waals surface area contributed by atoms with Gasteiger partial charge in [-0.15, -0.1) is 0 Å². The molecule has 3 atom stereocenters. The zero-order chi connectivity index (χ0) is 27.2. The molecule has 0 radical (unpaired) electrons. The highest BCUT2D eigenvalue weighted by Crippen LogP contribution is 2.59. The van der Waals surface area contributed by atoms with Gasteiger partial charge in [0.1, 0.15) is 12.2 Å². The third kappa shape index (κ3) is 4.34. The Balaban J connectivity index is 1.56. The van der Waals surface area contributed by atoms with Crippen molar-refractivity contribution in [3.8, 4) is 0 Å². The minimum Gasteiger partial charge on any atom is -0.388 e. The Bertz CT molecular complexity index is 1220. The maximum absolute atomic E-state index is 13.7. The fraction of sp³-hybridized carbons (Fsp3) is 0.621. The molecule has 2 heterocycles. The van der Waals surface area contributed by atoms with Crippen LogP contribution in [0, 0.1) is 11.3 Å². The predicted molar refractivity (Wildman–Crippen MR) is 127 cm³/mol. The van der Waals surface area contributed by atoms with Crippen LogP contribution in [0.4, 0.5) is 26.3 Å². The zero-order valence-corrected chi connectivity index (χ0v) is 21.3. The van der Waals surface area contributed by atoms with Crippen LogP contribution >= 0.6 is 0 Å². The van der Waals surface area contributed by atoms with Crippen LogP contribution in [0.3, 0.4) is 0 Å².